The summed E-state index contributed by atoms with van der Waals surface area (Å²) in [6.45, 7) is 0. The van der Waals surface area contributed by atoms with Crippen molar-refractivity contribution in [1.82, 2.24) is 0 Å². The summed E-state index contributed by atoms with van der Waals surface area (Å²) in [7, 11) is 0. The number of nitro benzene ring substituents is 1. The van der Waals surface area contributed by atoms with Gasteiger partial charge in [-0.1, -0.05) is 54.6 Å². The minimum Gasteiger partial charge on any atom is -0.258 e. The zero-order valence-electron chi connectivity index (χ0n) is 12.1. The summed E-state index contributed by atoms with van der Waals surface area (Å²) in [4.78, 5) is 10.7. The van der Waals surface area contributed by atoms with Gasteiger partial charge >= 0.3 is 0 Å². The minimum atomic E-state index is -0.441. The van der Waals surface area contributed by atoms with E-state index in [4.69, 9.17) is 0 Å². The Labute approximate surface area is 133 Å². The Morgan fingerprint density at radius 3 is 2.48 bits per heavy atom. The van der Waals surface area contributed by atoms with Gasteiger partial charge in [-0.2, -0.15) is 5.26 Å². The van der Waals surface area contributed by atoms with Crippen LogP contribution in [-0.4, -0.2) is 4.92 Å². The summed E-state index contributed by atoms with van der Waals surface area (Å²) < 4.78 is 0. The first kappa shape index (κ1) is 14.5. The van der Waals surface area contributed by atoms with Crippen LogP contribution in [0.15, 0.2) is 66.7 Å². The van der Waals surface area contributed by atoms with Crippen molar-refractivity contribution in [3.05, 3.63) is 88.0 Å². The molecule has 3 aromatic rings. The molecule has 0 heterocycles. The van der Waals surface area contributed by atoms with Gasteiger partial charge < -0.3 is 0 Å². The van der Waals surface area contributed by atoms with Gasteiger partial charge in [-0.25, -0.2) is 0 Å². The molecule has 0 saturated carbocycles. The average Bonchev–Trinajstić information content (AvgIpc) is 2.59. The van der Waals surface area contributed by atoms with Gasteiger partial charge in [-0.05, 0) is 22.9 Å². The molecule has 3 aromatic carbocycles. The van der Waals surface area contributed by atoms with Gasteiger partial charge in [0.05, 0.1) is 22.1 Å². The van der Waals surface area contributed by atoms with E-state index < -0.39 is 4.92 Å². The lowest BCUT2D eigenvalue weighted by Gasteiger charge is -2.05. The predicted octanol–water partition coefficient (Wildman–Crippen LogP) is 4.81. The van der Waals surface area contributed by atoms with E-state index >= 15 is 0 Å². The Hall–Kier alpha value is -3.45. The fourth-order valence-corrected chi connectivity index (χ4v) is 2.56. The number of benzene rings is 3. The molecule has 3 rings (SSSR count). The zero-order valence-corrected chi connectivity index (χ0v) is 12.1. The third-order valence-corrected chi connectivity index (χ3v) is 3.63. The van der Waals surface area contributed by atoms with E-state index in [1.165, 1.54) is 6.07 Å². The van der Waals surface area contributed by atoms with Gasteiger partial charge in [0.2, 0.25) is 0 Å². The molecule has 0 atom stereocenters. The highest BCUT2D eigenvalue weighted by Gasteiger charge is 2.13. The van der Waals surface area contributed by atoms with Crippen molar-refractivity contribution in [1.29, 1.82) is 5.26 Å². The maximum absolute atomic E-state index is 11.1. The zero-order chi connectivity index (χ0) is 16.2. The van der Waals surface area contributed by atoms with E-state index in [1.54, 1.807) is 24.3 Å². The molecule has 23 heavy (non-hydrogen) atoms. The van der Waals surface area contributed by atoms with Crippen LogP contribution in [0.1, 0.15) is 11.1 Å². The molecule has 0 radical (unpaired) electrons. The first-order valence-electron chi connectivity index (χ1n) is 7.04. The van der Waals surface area contributed by atoms with E-state index in [2.05, 4.69) is 6.07 Å². The quantitative estimate of drug-likeness (QED) is 0.301. The summed E-state index contributed by atoms with van der Waals surface area (Å²) in [5, 5.41) is 22.6. The maximum atomic E-state index is 11.1. The SMILES string of the molecule is N#C/C(=C/c1ccccc1[N+](=O)[O-])c1cccc2ccccc12. The van der Waals surface area contributed by atoms with Crippen LogP contribution in [0.25, 0.3) is 22.4 Å². The normalized spacial score (nSPS) is 11.2. The van der Waals surface area contributed by atoms with Crippen LogP contribution in [0, 0.1) is 21.4 Å². The van der Waals surface area contributed by atoms with E-state index in [1.807, 2.05) is 42.5 Å². The number of fused-ring (bicyclic) bond motifs is 1. The number of allylic oxidation sites excluding steroid dienone is 1. The van der Waals surface area contributed by atoms with Crippen molar-refractivity contribution < 1.29 is 4.92 Å². The molecule has 0 fully saturated rings. The molecule has 0 amide bonds. The number of nitro groups is 1. The van der Waals surface area contributed by atoms with Crippen molar-refractivity contribution in [2.24, 2.45) is 0 Å². The van der Waals surface area contributed by atoms with Gasteiger partial charge in [0, 0.05) is 11.6 Å². The summed E-state index contributed by atoms with van der Waals surface area (Å²) in [6.07, 6.45) is 1.57. The summed E-state index contributed by atoms with van der Waals surface area (Å²) in [5.74, 6) is 0. The second kappa shape index (κ2) is 6.12. The number of nitrogens with zero attached hydrogens (tertiary/aromatic N) is 2. The lowest BCUT2D eigenvalue weighted by Crippen LogP contribution is -1.92. The predicted molar refractivity (Wildman–Crippen MR) is 90.5 cm³/mol. The van der Waals surface area contributed by atoms with Crippen LogP contribution >= 0.6 is 0 Å². The number of rotatable bonds is 3. The molecule has 0 aliphatic rings. The van der Waals surface area contributed by atoms with Crippen LogP contribution in [0.4, 0.5) is 5.69 Å². The second-order valence-corrected chi connectivity index (χ2v) is 5.01. The molecule has 0 spiro atoms. The third kappa shape index (κ3) is 2.81. The highest BCUT2D eigenvalue weighted by atomic mass is 16.6. The van der Waals surface area contributed by atoms with Crippen molar-refractivity contribution >= 4 is 28.1 Å². The molecule has 0 aromatic heterocycles. The fourth-order valence-electron chi connectivity index (χ4n) is 2.56. The van der Waals surface area contributed by atoms with Crippen LogP contribution in [0.5, 0.6) is 0 Å². The number of para-hydroxylation sites is 1. The molecular weight excluding hydrogens is 288 g/mol. The monoisotopic (exact) mass is 300 g/mol. The molecule has 0 N–H and O–H groups in total. The Morgan fingerprint density at radius 2 is 1.70 bits per heavy atom. The lowest BCUT2D eigenvalue weighted by molar-refractivity contribution is -0.385. The highest BCUT2D eigenvalue weighted by molar-refractivity contribution is 6.02. The summed E-state index contributed by atoms with van der Waals surface area (Å²) in [6, 6.07) is 22.0. The molecule has 4 heteroatoms. The van der Waals surface area contributed by atoms with E-state index in [9.17, 15) is 15.4 Å². The van der Waals surface area contributed by atoms with E-state index in [-0.39, 0.29) is 5.69 Å². The molecule has 4 nitrogen and oxygen atoms in total. The van der Waals surface area contributed by atoms with E-state index in [0.717, 1.165) is 16.3 Å². The van der Waals surface area contributed by atoms with Crippen molar-refractivity contribution in [3.8, 4) is 6.07 Å². The van der Waals surface area contributed by atoms with Crippen LogP contribution in [0.2, 0.25) is 0 Å². The van der Waals surface area contributed by atoms with Crippen LogP contribution < -0.4 is 0 Å². The lowest BCUT2D eigenvalue weighted by atomic mass is 9.97. The standard InChI is InChI=1S/C19H12N2O2/c20-13-16(12-15-7-2-4-11-19(15)21(22)23)18-10-5-8-14-6-1-3-9-17(14)18/h1-12H/b16-12-. The Kier molecular flexibility index (Phi) is 3.86. The van der Waals surface area contributed by atoms with E-state index in [0.29, 0.717) is 11.1 Å². The van der Waals surface area contributed by atoms with Gasteiger partial charge in [-0.3, -0.25) is 10.1 Å². The molecule has 0 aliphatic carbocycles. The Morgan fingerprint density at radius 1 is 1.00 bits per heavy atom. The van der Waals surface area contributed by atoms with Crippen molar-refractivity contribution in [2.45, 2.75) is 0 Å². The molecule has 0 aliphatic heterocycles. The van der Waals surface area contributed by atoms with Crippen LogP contribution in [0.3, 0.4) is 0 Å². The van der Waals surface area contributed by atoms with Crippen molar-refractivity contribution in [3.63, 3.8) is 0 Å². The second-order valence-electron chi connectivity index (χ2n) is 5.01. The Bertz CT molecular complexity index is 963. The summed E-state index contributed by atoms with van der Waals surface area (Å²) in [5.41, 5.74) is 1.57. The highest BCUT2D eigenvalue weighted by Crippen LogP contribution is 2.28. The van der Waals surface area contributed by atoms with Gasteiger partial charge in [0.1, 0.15) is 0 Å². The molecule has 0 bridgehead atoms. The van der Waals surface area contributed by atoms with Gasteiger partial charge in [0.25, 0.3) is 5.69 Å². The summed E-state index contributed by atoms with van der Waals surface area (Å²) >= 11 is 0. The van der Waals surface area contributed by atoms with Crippen molar-refractivity contribution in [2.75, 3.05) is 0 Å². The number of nitriles is 1. The first-order valence-corrected chi connectivity index (χ1v) is 7.04. The average molecular weight is 300 g/mol. The van der Waals surface area contributed by atoms with Crippen LogP contribution in [-0.2, 0) is 0 Å². The number of hydrogen-bond acceptors (Lipinski definition) is 3. The molecular formula is C19H12N2O2. The Balaban J connectivity index is 2.21. The third-order valence-electron chi connectivity index (χ3n) is 3.63. The molecule has 110 valence electrons. The fraction of sp³-hybridized carbons (Fsp3) is 0. The maximum Gasteiger partial charge on any atom is 0.276 e. The molecule has 0 saturated heterocycles. The van der Waals surface area contributed by atoms with Gasteiger partial charge in [-0.15, -0.1) is 0 Å². The first-order chi connectivity index (χ1) is 11.2. The smallest absolute Gasteiger partial charge is 0.258 e. The molecule has 0 unspecified atom stereocenters. The van der Waals surface area contributed by atoms with Gasteiger partial charge in [0.15, 0.2) is 0 Å². The topological polar surface area (TPSA) is 66.9 Å². The minimum absolute atomic E-state index is 0.0134. The largest absolute Gasteiger partial charge is 0.276 e. The number of hydrogen-bond donors (Lipinski definition) is 0.